The molecule has 1 amide bonds. The molecule has 35 heavy (non-hydrogen) atoms. The molecule has 1 aliphatic rings. The molecular weight excluding hydrogens is 506 g/mol. The minimum atomic E-state index is -4.67. The van der Waals surface area contributed by atoms with Crippen molar-refractivity contribution in [2.24, 2.45) is 0 Å². The molecule has 0 radical (unpaired) electrons. The molecule has 184 valence electrons. The van der Waals surface area contributed by atoms with Crippen LogP contribution in [-0.4, -0.2) is 51.6 Å². The molecule has 0 saturated carbocycles. The number of fused-ring (bicyclic) bond motifs is 6. The first kappa shape index (κ1) is 24.6. The van der Waals surface area contributed by atoms with Gasteiger partial charge in [0, 0.05) is 29.8 Å². The van der Waals surface area contributed by atoms with Crippen LogP contribution in [-0.2, 0) is 10.0 Å². The van der Waals surface area contributed by atoms with Crippen LogP contribution in [0, 0.1) is 11.6 Å². The molecule has 0 spiro atoms. The van der Waals surface area contributed by atoms with Crippen LogP contribution in [0.15, 0.2) is 47.4 Å². The Labute approximate surface area is 204 Å². The van der Waals surface area contributed by atoms with Crippen LogP contribution in [0.4, 0.5) is 14.5 Å². The molecule has 1 aliphatic heterocycles. The fourth-order valence-corrected chi connectivity index (χ4v) is 5.00. The Morgan fingerprint density at radius 2 is 1.86 bits per heavy atom. The number of rotatable bonds is 1. The third-order valence-electron chi connectivity index (χ3n) is 5.37. The number of ether oxygens (including phenoxy) is 2. The second-order valence-electron chi connectivity index (χ2n) is 7.66. The summed E-state index contributed by atoms with van der Waals surface area (Å²) in [5.74, 6) is -3.07. The van der Waals surface area contributed by atoms with Gasteiger partial charge in [-0.2, -0.15) is 0 Å². The lowest BCUT2D eigenvalue weighted by Crippen LogP contribution is -2.31. The Morgan fingerprint density at radius 1 is 1.11 bits per heavy atom. The molecule has 2 N–H and O–H groups in total. The summed E-state index contributed by atoms with van der Waals surface area (Å²) in [6, 6.07) is 8.06. The Bertz CT molecular complexity index is 1450. The van der Waals surface area contributed by atoms with E-state index in [1.54, 1.807) is 6.07 Å². The number of amides is 1. The number of carbonyl (C=O) groups excluding carboxylic acids is 1. The molecule has 3 aromatic rings. The van der Waals surface area contributed by atoms with Gasteiger partial charge in [-0.05, 0) is 36.4 Å². The van der Waals surface area contributed by atoms with Gasteiger partial charge in [-0.3, -0.25) is 9.52 Å². The third-order valence-corrected chi connectivity index (χ3v) is 7.04. The van der Waals surface area contributed by atoms with Crippen LogP contribution < -0.4 is 14.2 Å². The number of aromatic hydroxyl groups is 1. The van der Waals surface area contributed by atoms with E-state index >= 15 is 0 Å². The Kier molecular flexibility index (Phi) is 6.48. The number of anilines is 1. The summed E-state index contributed by atoms with van der Waals surface area (Å²) in [6.07, 6.45) is 0. The Hall–Kier alpha value is -3.57. The lowest BCUT2D eigenvalue weighted by molar-refractivity contribution is 0.0773. The molecule has 0 aromatic heterocycles. The van der Waals surface area contributed by atoms with Crippen LogP contribution >= 0.6 is 11.6 Å². The molecule has 0 atom stereocenters. The molecule has 0 aliphatic carbocycles. The van der Waals surface area contributed by atoms with Crippen molar-refractivity contribution >= 4 is 33.2 Å². The largest absolute Gasteiger partial charge is 0.505 e. The number of sulfonamides is 1. The molecule has 4 bridgehead atoms. The molecule has 1 heterocycles. The van der Waals surface area contributed by atoms with E-state index in [1.165, 1.54) is 31.2 Å². The fourth-order valence-electron chi connectivity index (χ4n) is 3.52. The van der Waals surface area contributed by atoms with Crippen LogP contribution in [0.3, 0.4) is 0 Å². The van der Waals surface area contributed by atoms with Gasteiger partial charge < -0.3 is 19.5 Å². The SMILES string of the molecule is COc1ccc2c(c1)-c1cc(c(F)cc1F)NS(=O)(=O)c1cc(cc(Cl)c1O)C(=O)N(C)CCO2. The van der Waals surface area contributed by atoms with E-state index in [-0.39, 0.29) is 35.6 Å². The van der Waals surface area contributed by atoms with Crippen molar-refractivity contribution in [1.82, 2.24) is 4.90 Å². The van der Waals surface area contributed by atoms with Gasteiger partial charge >= 0.3 is 0 Å². The van der Waals surface area contributed by atoms with E-state index in [0.29, 0.717) is 11.8 Å². The van der Waals surface area contributed by atoms with Gasteiger partial charge in [-0.15, -0.1) is 0 Å². The van der Waals surface area contributed by atoms with E-state index in [2.05, 4.69) is 0 Å². The van der Waals surface area contributed by atoms with Crippen molar-refractivity contribution in [1.29, 1.82) is 0 Å². The Balaban J connectivity index is 1.96. The summed E-state index contributed by atoms with van der Waals surface area (Å²) in [5, 5.41) is 9.91. The van der Waals surface area contributed by atoms with Crippen molar-refractivity contribution in [3.63, 3.8) is 0 Å². The number of halogens is 3. The zero-order chi connectivity index (χ0) is 25.5. The standard InChI is InChI=1S/C23H19ClF2N2O6S/c1-28-5-6-34-20-4-3-13(33-2)9-15(20)14-10-19(18(26)11-17(14)25)27-35(31,32)21-8-12(23(28)30)7-16(24)22(21)29/h3-4,7-11,27,29H,5-6H2,1-2H3. The average Bonchev–Trinajstić information content (AvgIpc) is 2.81. The number of carbonyl (C=O) groups is 1. The number of phenols is 1. The average molecular weight is 525 g/mol. The lowest BCUT2D eigenvalue weighted by atomic mass is 10.0. The molecule has 0 fully saturated rings. The molecule has 12 heteroatoms. The van der Waals surface area contributed by atoms with Crippen molar-refractivity contribution in [3.05, 3.63) is 64.7 Å². The number of phenolic OH excluding ortho intramolecular Hbond substituents is 1. The molecule has 8 nitrogen and oxygen atoms in total. The summed E-state index contributed by atoms with van der Waals surface area (Å²) in [6.45, 7) is 0.0622. The van der Waals surface area contributed by atoms with Crippen molar-refractivity contribution in [2.45, 2.75) is 4.90 Å². The topological polar surface area (TPSA) is 105 Å². The fraction of sp³-hybridized carbons (Fsp3) is 0.174. The third kappa shape index (κ3) is 4.69. The maximum absolute atomic E-state index is 14.9. The summed E-state index contributed by atoms with van der Waals surface area (Å²) >= 11 is 5.98. The van der Waals surface area contributed by atoms with Crippen LogP contribution in [0.1, 0.15) is 10.4 Å². The summed E-state index contributed by atoms with van der Waals surface area (Å²) in [5.41, 5.74) is -0.740. The van der Waals surface area contributed by atoms with Crippen molar-refractivity contribution in [2.75, 3.05) is 32.0 Å². The molecular formula is C23H19ClF2N2O6S. The van der Waals surface area contributed by atoms with E-state index in [0.717, 1.165) is 18.2 Å². The maximum atomic E-state index is 14.9. The van der Waals surface area contributed by atoms with E-state index in [4.69, 9.17) is 21.1 Å². The van der Waals surface area contributed by atoms with Crippen LogP contribution in [0.25, 0.3) is 11.1 Å². The number of nitrogens with one attached hydrogen (secondary N) is 1. The smallest absolute Gasteiger partial charge is 0.265 e. The van der Waals surface area contributed by atoms with E-state index in [1.807, 2.05) is 4.72 Å². The van der Waals surface area contributed by atoms with Gasteiger partial charge in [-0.1, -0.05) is 11.6 Å². The zero-order valence-electron chi connectivity index (χ0n) is 18.4. The lowest BCUT2D eigenvalue weighted by Gasteiger charge is -2.19. The minimum Gasteiger partial charge on any atom is -0.505 e. The first-order chi connectivity index (χ1) is 16.5. The van der Waals surface area contributed by atoms with Gasteiger partial charge in [0.2, 0.25) is 0 Å². The molecule has 4 rings (SSSR count). The van der Waals surface area contributed by atoms with Gasteiger partial charge in [-0.25, -0.2) is 17.2 Å². The first-order valence-corrected chi connectivity index (χ1v) is 12.0. The predicted molar refractivity (Wildman–Crippen MR) is 125 cm³/mol. The minimum absolute atomic E-state index is 0.00748. The quantitative estimate of drug-likeness (QED) is 0.493. The normalized spacial score (nSPS) is 15.2. The highest BCUT2D eigenvalue weighted by atomic mass is 35.5. The highest BCUT2D eigenvalue weighted by molar-refractivity contribution is 7.92. The van der Waals surface area contributed by atoms with Crippen molar-refractivity contribution < 1.29 is 36.6 Å². The number of hydrogen-bond donors (Lipinski definition) is 2. The van der Waals surface area contributed by atoms with Gasteiger partial charge in [0.15, 0.2) is 5.75 Å². The molecule has 0 unspecified atom stereocenters. The van der Waals surface area contributed by atoms with Gasteiger partial charge in [0.05, 0.1) is 24.4 Å². The number of methoxy groups -OCH3 is 1. The summed E-state index contributed by atoms with van der Waals surface area (Å²) in [7, 11) is -1.80. The summed E-state index contributed by atoms with van der Waals surface area (Å²) < 4.78 is 68.7. The predicted octanol–water partition coefficient (Wildman–Crippen LogP) is 4.26. The van der Waals surface area contributed by atoms with Gasteiger partial charge in [0.25, 0.3) is 15.9 Å². The van der Waals surface area contributed by atoms with E-state index in [9.17, 15) is 27.1 Å². The second-order valence-corrected chi connectivity index (χ2v) is 9.72. The van der Waals surface area contributed by atoms with Gasteiger partial charge in [0.1, 0.15) is 34.6 Å². The maximum Gasteiger partial charge on any atom is 0.265 e. The number of hydrogen-bond acceptors (Lipinski definition) is 6. The number of likely N-dealkylation sites (N-methyl/N-ethyl adjacent to an activating group) is 1. The number of nitrogens with zero attached hydrogens (tertiary/aromatic N) is 1. The highest BCUT2D eigenvalue weighted by Gasteiger charge is 2.27. The van der Waals surface area contributed by atoms with Crippen LogP contribution in [0.5, 0.6) is 17.2 Å². The van der Waals surface area contributed by atoms with E-state index < -0.39 is 48.9 Å². The number of benzene rings is 3. The molecule has 3 aromatic carbocycles. The highest BCUT2D eigenvalue weighted by Crippen LogP contribution is 2.39. The summed E-state index contributed by atoms with van der Waals surface area (Å²) in [4.78, 5) is 13.4. The Morgan fingerprint density at radius 3 is 2.57 bits per heavy atom. The first-order valence-electron chi connectivity index (χ1n) is 10.1. The monoisotopic (exact) mass is 524 g/mol. The second kappa shape index (κ2) is 9.23. The zero-order valence-corrected chi connectivity index (χ0v) is 20.0. The van der Waals surface area contributed by atoms with Crippen LogP contribution in [0.2, 0.25) is 5.02 Å². The molecule has 0 saturated heterocycles. The van der Waals surface area contributed by atoms with Crippen molar-refractivity contribution in [3.8, 4) is 28.4 Å².